The van der Waals surface area contributed by atoms with Crippen molar-refractivity contribution >= 4 is 64.5 Å². The first-order valence-corrected chi connectivity index (χ1v) is 24.8. The Labute approximate surface area is 369 Å². The van der Waals surface area contributed by atoms with E-state index < -0.39 is 31.6 Å². The number of carboxylic acid groups (broad SMARTS) is 1. The quantitative estimate of drug-likeness (QED) is 0.102. The summed E-state index contributed by atoms with van der Waals surface area (Å²) < 4.78 is 52.8. The van der Waals surface area contributed by atoms with Crippen molar-refractivity contribution in [3.8, 4) is 0 Å². The molecule has 2 aliphatic heterocycles. The van der Waals surface area contributed by atoms with Gasteiger partial charge in [0.25, 0.3) is 0 Å². The van der Waals surface area contributed by atoms with E-state index in [0.717, 1.165) is 62.9 Å². The van der Waals surface area contributed by atoms with Gasteiger partial charge in [-0.25, -0.2) is 26.4 Å². The molecule has 330 valence electrons. The van der Waals surface area contributed by atoms with E-state index in [4.69, 9.17) is 4.74 Å². The molecule has 0 saturated carbocycles. The van der Waals surface area contributed by atoms with E-state index in [9.17, 15) is 31.5 Å². The van der Waals surface area contributed by atoms with Crippen LogP contribution in [0, 0.1) is 0 Å². The molecule has 6 aromatic rings. The molecule has 2 saturated heterocycles. The van der Waals surface area contributed by atoms with Gasteiger partial charge in [-0.3, -0.25) is 0 Å². The fraction of sp³-hybridized carbons (Fsp3) is 0.306. The minimum Gasteiger partial charge on any atom is -0.478 e. The molecule has 12 nitrogen and oxygen atoms in total. The summed E-state index contributed by atoms with van der Waals surface area (Å²) in [6.45, 7) is 7.44. The number of carbonyl (C=O) groups excluding carboxylic acids is 1. The summed E-state index contributed by atoms with van der Waals surface area (Å²) >= 11 is 0. The molecule has 2 heterocycles. The molecular weight excluding hydrogens is 837 g/mol. The van der Waals surface area contributed by atoms with Gasteiger partial charge in [-0.1, -0.05) is 84.9 Å². The summed E-state index contributed by atoms with van der Waals surface area (Å²) in [6, 6.07) is 39.8. The van der Waals surface area contributed by atoms with Crippen molar-refractivity contribution in [2.45, 2.75) is 60.6 Å². The van der Waals surface area contributed by atoms with Gasteiger partial charge in [-0.05, 0) is 95.8 Å². The number of nitrogens with one attached hydrogen (secondary N) is 2. The van der Waals surface area contributed by atoms with Crippen LogP contribution < -0.4 is 20.4 Å². The van der Waals surface area contributed by atoms with Crippen molar-refractivity contribution in [1.82, 2.24) is 10.6 Å². The highest BCUT2D eigenvalue weighted by Gasteiger charge is 2.29. The first kappa shape index (κ1) is 45.2. The Morgan fingerprint density at radius 3 is 1.46 bits per heavy atom. The summed E-state index contributed by atoms with van der Waals surface area (Å²) in [5.74, 6) is -1.88. The van der Waals surface area contributed by atoms with Gasteiger partial charge < -0.3 is 30.3 Å². The minimum atomic E-state index is -3.61. The molecule has 6 aromatic carbocycles. The van der Waals surface area contributed by atoms with Crippen molar-refractivity contribution in [3.63, 3.8) is 0 Å². The average molecular weight is 891 g/mol. The Morgan fingerprint density at radius 2 is 1.03 bits per heavy atom. The Kier molecular flexibility index (Phi) is 13.6. The van der Waals surface area contributed by atoms with Crippen LogP contribution in [-0.2, 0) is 24.4 Å². The monoisotopic (exact) mass is 890 g/mol. The lowest BCUT2D eigenvalue weighted by molar-refractivity contribution is 0.0595. The number of esters is 1. The van der Waals surface area contributed by atoms with Gasteiger partial charge in [0.15, 0.2) is 19.7 Å². The highest BCUT2D eigenvalue weighted by atomic mass is 32.2. The molecule has 0 amide bonds. The van der Waals surface area contributed by atoms with Gasteiger partial charge in [0, 0.05) is 74.2 Å². The zero-order chi connectivity index (χ0) is 45.1. The van der Waals surface area contributed by atoms with Crippen LogP contribution in [0.25, 0.3) is 21.5 Å². The SMILES string of the molecule is COC(=O)c1cc(N2CC[C@H](N[C@H](C)c3cccc4ccccc34)C2)ccc1S(C)(=O)=O.C[C@@H](N[C@H]1CCN(c2ccc(S(C)(=O)=O)c(C(=O)O)c2)C1)c1cccc2ccccc12. The Balaban J connectivity index is 0.000000189. The number of nitrogens with zero attached hydrogens (tertiary/aromatic N) is 2. The van der Waals surface area contributed by atoms with Crippen molar-refractivity contribution in [2.24, 2.45) is 0 Å². The summed E-state index contributed by atoms with van der Waals surface area (Å²) in [7, 11) is -5.89. The molecule has 0 aromatic heterocycles. The predicted molar refractivity (Wildman–Crippen MR) is 250 cm³/mol. The number of hydrogen-bond donors (Lipinski definition) is 3. The third kappa shape index (κ3) is 10.4. The number of hydrogen-bond acceptors (Lipinski definition) is 11. The number of rotatable bonds is 12. The highest BCUT2D eigenvalue weighted by molar-refractivity contribution is 7.91. The fourth-order valence-electron chi connectivity index (χ4n) is 8.92. The maximum atomic E-state index is 12.2. The van der Waals surface area contributed by atoms with Crippen LogP contribution in [0.5, 0.6) is 0 Å². The van der Waals surface area contributed by atoms with E-state index in [-0.39, 0.29) is 45.1 Å². The molecule has 2 aliphatic rings. The third-order valence-corrected chi connectivity index (χ3v) is 14.3. The van der Waals surface area contributed by atoms with Crippen LogP contribution in [0.4, 0.5) is 11.4 Å². The molecule has 3 N–H and O–H groups in total. The topological polar surface area (TPSA) is 162 Å². The smallest absolute Gasteiger partial charge is 0.339 e. The Morgan fingerprint density at radius 1 is 0.619 bits per heavy atom. The molecule has 0 spiro atoms. The number of ether oxygens (including phenoxy) is 1. The second-order valence-corrected chi connectivity index (χ2v) is 20.4. The highest BCUT2D eigenvalue weighted by Crippen LogP contribution is 2.31. The number of aromatic carboxylic acids is 1. The third-order valence-electron chi connectivity index (χ3n) is 12.0. The predicted octanol–water partition coefficient (Wildman–Crippen LogP) is 7.83. The summed E-state index contributed by atoms with van der Waals surface area (Å²) in [5, 5.41) is 21.9. The van der Waals surface area contributed by atoms with Crippen LogP contribution >= 0.6 is 0 Å². The maximum absolute atomic E-state index is 12.2. The maximum Gasteiger partial charge on any atom is 0.339 e. The van der Waals surface area contributed by atoms with Gasteiger partial charge >= 0.3 is 11.9 Å². The number of carboxylic acids is 1. The van der Waals surface area contributed by atoms with Gasteiger partial charge in [-0.2, -0.15) is 0 Å². The number of methoxy groups -OCH3 is 1. The van der Waals surface area contributed by atoms with E-state index in [1.54, 1.807) is 18.2 Å². The van der Waals surface area contributed by atoms with Gasteiger partial charge in [-0.15, -0.1) is 0 Å². The molecule has 0 bridgehead atoms. The molecule has 63 heavy (non-hydrogen) atoms. The second-order valence-electron chi connectivity index (χ2n) is 16.5. The Bertz CT molecular complexity index is 2880. The Hall–Kier alpha value is -5.80. The number of sulfone groups is 2. The number of anilines is 2. The number of carbonyl (C=O) groups is 2. The lowest BCUT2D eigenvalue weighted by Crippen LogP contribution is -2.34. The summed E-state index contributed by atoms with van der Waals surface area (Å²) in [6.07, 6.45) is 4.00. The number of benzene rings is 6. The lowest BCUT2D eigenvalue weighted by Gasteiger charge is -2.23. The summed E-state index contributed by atoms with van der Waals surface area (Å²) in [5.41, 5.74) is 3.97. The zero-order valence-corrected chi connectivity index (χ0v) is 37.7. The second kappa shape index (κ2) is 18.9. The summed E-state index contributed by atoms with van der Waals surface area (Å²) in [4.78, 5) is 27.9. The van der Waals surface area contributed by atoms with Crippen LogP contribution in [0.2, 0.25) is 0 Å². The van der Waals surface area contributed by atoms with Crippen molar-refractivity contribution in [2.75, 3.05) is 55.6 Å². The normalized spacial score (nSPS) is 17.6. The van der Waals surface area contributed by atoms with E-state index >= 15 is 0 Å². The van der Waals surface area contributed by atoms with Crippen molar-refractivity contribution in [1.29, 1.82) is 0 Å². The largest absolute Gasteiger partial charge is 0.478 e. The lowest BCUT2D eigenvalue weighted by atomic mass is 9.99. The molecule has 0 aliphatic carbocycles. The van der Waals surface area contributed by atoms with Gasteiger partial charge in [0.2, 0.25) is 0 Å². The minimum absolute atomic E-state index is 0.00782. The molecule has 2 fully saturated rings. The average Bonchev–Trinajstić information content (AvgIpc) is 3.95. The zero-order valence-electron chi connectivity index (χ0n) is 36.1. The van der Waals surface area contributed by atoms with Crippen LogP contribution in [0.3, 0.4) is 0 Å². The molecule has 14 heteroatoms. The van der Waals surface area contributed by atoms with E-state index in [2.05, 4.69) is 113 Å². The first-order valence-electron chi connectivity index (χ1n) is 21.0. The molecule has 0 radical (unpaired) electrons. The molecule has 0 unspecified atom stereocenters. The van der Waals surface area contributed by atoms with Crippen molar-refractivity contribution < 1.29 is 36.3 Å². The van der Waals surface area contributed by atoms with E-state index in [0.29, 0.717) is 0 Å². The molecule has 4 atom stereocenters. The first-order chi connectivity index (χ1) is 30.0. The van der Waals surface area contributed by atoms with Crippen LogP contribution in [0.15, 0.2) is 131 Å². The van der Waals surface area contributed by atoms with Gasteiger partial charge in [0.05, 0.1) is 28.0 Å². The van der Waals surface area contributed by atoms with E-state index in [1.165, 1.54) is 58.0 Å². The molecular formula is C49H54N4O8S2. The van der Waals surface area contributed by atoms with E-state index in [1.807, 2.05) is 6.07 Å². The van der Waals surface area contributed by atoms with Crippen LogP contribution in [0.1, 0.15) is 70.6 Å². The molecule has 8 rings (SSSR count). The van der Waals surface area contributed by atoms with Gasteiger partial charge in [0.1, 0.15) is 0 Å². The van der Waals surface area contributed by atoms with Crippen LogP contribution in [-0.4, -0.2) is 91.8 Å². The fourth-order valence-corrected chi connectivity index (χ4v) is 10.6. The van der Waals surface area contributed by atoms with Crippen molar-refractivity contribution in [3.05, 3.63) is 144 Å². The standard InChI is InChI=1S/C25H28N2O4S.C24H26N2O4S/c1-17(21-10-6-8-18-7-4-5-9-22(18)21)26-19-13-14-27(16-19)20-11-12-24(32(3,29)30)23(15-20)25(28)31-2;1-16(20-9-5-7-17-6-3-4-8-21(17)20)25-18-12-13-26(15-18)19-10-11-23(31(2,29)30)22(14-19)24(27)28/h4-12,15,17,19,26H,13-14,16H2,1-3H3;3-11,14,16,18,25H,12-13,15H2,1-2H3,(H,27,28)/t17-,19+;16-,18+/m11/s1. The number of fused-ring (bicyclic) bond motifs is 2.